The number of pyridine rings is 1. The largest absolute Gasteiger partial charge is 0.487 e. The highest BCUT2D eigenvalue weighted by molar-refractivity contribution is 9.10. The van der Waals surface area contributed by atoms with Gasteiger partial charge in [-0.3, -0.25) is 15.2 Å². The Bertz CT molecular complexity index is 604. The normalized spacial score (nSPS) is 10.1. The van der Waals surface area contributed by atoms with Crippen molar-refractivity contribution in [1.29, 1.82) is 0 Å². The van der Waals surface area contributed by atoms with Crippen LogP contribution < -0.4 is 16.0 Å². The Labute approximate surface area is 125 Å². The summed E-state index contributed by atoms with van der Waals surface area (Å²) < 4.78 is 6.53. The lowest BCUT2D eigenvalue weighted by atomic mass is 10.1. The highest BCUT2D eigenvalue weighted by atomic mass is 79.9. The number of carbonyl (C=O) groups excluding carboxylic acids is 1. The Balaban J connectivity index is 2.07. The van der Waals surface area contributed by atoms with Gasteiger partial charge >= 0.3 is 0 Å². The number of hydrazine groups is 1. The fraction of sp³-hybridized carbons (Fsp3) is 0.143. The first-order chi connectivity index (χ1) is 9.69. The molecule has 0 saturated carbocycles. The lowest BCUT2D eigenvalue weighted by Crippen LogP contribution is -2.31. The van der Waals surface area contributed by atoms with Gasteiger partial charge < -0.3 is 4.74 Å². The van der Waals surface area contributed by atoms with Crippen LogP contribution in [0.2, 0.25) is 0 Å². The first-order valence-corrected chi connectivity index (χ1v) is 6.78. The van der Waals surface area contributed by atoms with Crippen LogP contribution in [0.5, 0.6) is 5.75 Å². The predicted molar refractivity (Wildman–Crippen MR) is 78.7 cm³/mol. The van der Waals surface area contributed by atoms with Gasteiger partial charge in [0, 0.05) is 10.7 Å². The standard InChI is InChI=1S/C14H14BrN3O2/c15-12-6-13(8-17-7-12)20-9-11-4-2-1-3-10(11)5-14(19)18-16/h1-4,6-8H,5,9,16H2,(H,18,19). The van der Waals surface area contributed by atoms with Gasteiger partial charge in [0.1, 0.15) is 12.4 Å². The van der Waals surface area contributed by atoms with E-state index in [9.17, 15) is 4.79 Å². The van der Waals surface area contributed by atoms with E-state index >= 15 is 0 Å². The van der Waals surface area contributed by atoms with E-state index in [0.717, 1.165) is 15.6 Å². The quantitative estimate of drug-likeness (QED) is 0.497. The highest BCUT2D eigenvalue weighted by Gasteiger charge is 2.07. The van der Waals surface area contributed by atoms with E-state index in [1.807, 2.05) is 30.3 Å². The van der Waals surface area contributed by atoms with Crippen LogP contribution in [-0.4, -0.2) is 10.9 Å². The van der Waals surface area contributed by atoms with Crippen LogP contribution in [0, 0.1) is 0 Å². The van der Waals surface area contributed by atoms with E-state index in [-0.39, 0.29) is 12.3 Å². The number of hydrogen-bond donors (Lipinski definition) is 2. The summed E-state index contributed by atoms with van der Waals surface area (Å²) in [6.07, 6.45) is 3.55. The molecule has 0 fully saturated rings. The van der Waals surface area contributed by atoms with E-state index in [4.69, 9.17) is 10.6 Å². The number of ether oxygens (including phenoxy) is 1. The van der Waals surface area contributed by atoms with Crippen LogP contribution in [0.1, 0.15) is 11.1 Å². The molecule has 3 N–H and O–H groups in total. The number of aromatic nitrogens is 1. The third kappa shape index (κ3) is 4.04. The maximum absolute atomic E-state index is 11.4. The maximum Gasteiger partial charge on any atom is 0.238 e. The van der Waals surface area contributed by atoms with Crippen molar-refractivity contribution < 1.29 is 9.53 Å². The molecular formula is C14H14BrN3O2. The molecule has 0 aliphatic heterocycles. The molecule has 104 valence electrons. The zero-order valence-electron chi connectivity index (χ0n) is 10.7. The van der Waals surface area contributed by atoms with E-state index < -0.39 is 0 Å². The molecule has 0 radical (unpaired) electrons. The van der Waals surface area contributed by atoms with Gasteiger partial charge in [-0.2, -0.15) is 0 Å². The second-order valence-corrected chi connectivity index (χ2v) is 5.06. The molecule has 2 aromatic rings. The molecule has 2 rings (SSSR count). The summed E-state index contributed by atoms with van der Waals surface area (Å²) >= 11 is 3.34. The van der Waals surface area contributed by atoms with Crippen molar-refractivity contribution in [1.82, 2.24) is 10.4 Å². The van der Waals surface area contributed by atoms with Crippen molar-refractivity contribution in [3.8, 4) is 5.75 Å². The van der Waals surface area contributed by atoms with Gasteiger partial charge in [-0.1, -0.05) is 24.3 Å². The molecule has 0 saturated heterocycles. The highest BCUT2D eigenvalue weighted by Crippen LogP contribution is 2.18. The van der Waals surface area contributed by atoms with E-state index in [1.165, 1.54) is 0 Å². The van der Waals surface area contributed by atoms with Crippen LogP contribution >= 0.6 is 15.9 Å². The fourth-order valence-electron chi connectivity index (χ4n) is 1.73. The number of hydrogen-bond acceptors (Lipinski definition) is 4. The maximum atomic E-state index is 11.4. The Kier molecular flexibility index (Phi) is 5.09. The second kappa shape index (κ2) is 7.02. The average Bonchev–Trinajstić information content (AvgIpc) is 2.46. The summed E-state index contributed by atoms with van der Waals surface area (Å²) in [5.41, 5.74) is 3.95. The summed E-state index contributed by atoms with van der Waals surface area (Å²) in [5, 5.41) is 0. The van der Waals surface area contributed by atoms with Crippen molar-refractivity contribution in [2.75, 3.05) is 0 Å². The molecule has 1 heterocycles. The summed E-state index contributed by atoms with van der Waals surface area (Å²) in [7, 11) is 0. The minimum Gasteiger partial charge on any atom is -0.487 e. The van der Waals surface area contributed by atoms with Crippen molar-refractivity contribution in [3.05, 3.63) is 58.3 Å². The summed E-state index contributed by atoms with van der Waals surface area (Å²) in [4.78, 5) is 15.4. The SMILES string of the molecule is NNC(=O)Cc1ccccc1COc1cncc(Br)c1. The molecule has 0 atom stereocenters. The van der Waals surface area contributed by atoms with Crippen molar-refractivity contribution in [3.63, 3.8) is 0 Å². The third-order valence-electron chi connectivity index (χ3n) is 2.70. The first-order valence-electron chi connectivity index (χ1n) is 5.98. The Morgan fingerprint density at radius 2 is 2.05 bits per heavy atom. The lowest BCUT2D eigenvalue weighted by Gasteiger charge is -2.10. The average molecular weight is 336 g/mol. The molecule has 20 heavy (non-hydrogen) atoms. The Morgan fingerprint density at radius 3 is 2.75 bits per heavy atom. The van der Waals surface area contributed by atoms with Crippen molar-refractivity contribution >= 4 is 21.8 Å². The number of carbonyl (C=O) groups is 1. The molecule has 0 aliphatic rings. The van der Waals surface area contributed by atoms with Gasteiger partial charge in [-0.15, -0.1) is 0 Å². The molecule has 0 unspecified atom stereocenters. The minimum absolute atomic E-state index is 0.229. The van der Waals surface area contributed by atoms with Gasteiger partial charge in [0.25, 0.3) is 0 Å². The van der Waals surface area contributed by atoms with E-state index in [2.05, 4.69) is 26.3 Å². The fourth-order valence-corrected chi connectivity index (χ4v) is 2.07. The van der Waals surface area contributed by atoms with Gasteiger partial charge in [-0.25, -0.2) is 5.84 Å². The third-order valence-corrected chi connectivity index (χ3v) is 3.14. The van der Waals surface area contributed by atoms with Gasteiger partial charge in [0.05, 0.1) is 12.6 Å². The van der Waals surface area contributed by atoms with Gasteiger partial charge in [0.15, 0.2) is 0 Å². The monoisotopic (exact) mass is 335 g/mol. The van der Waals surface area contributed by atoms with Crippen LogP contribution in [0.3, 0.4) is 0 Å². The van der Waals surface area contributed by atoms with Crippen LogP contribution in [-0.2, 0) is 17.8 Å². The molecule has 0 bridgehead atoms. The molecule has 1 aromatic carbocycles. The molecule has 1 amide bonds. The molecule has 0 spiro atoms. The van der Waals surface area contributed by atoms with Crippen LogP contribution in [0.25, 0.3) is 0 Å². The predicted octanol–water partition coefficient (Wildman–Crippen LogP) is 1.96. The second-order valence-electron chi connectivity index (χ2n) is 4.14. The minimum atomic E-state index is -0.235. The number of rotatable bonds is 5. The first kappa shape index (κ1) is 14.5. The summed E-state index contributed by atoms with van der Waals surface area (Å²) in [6, 6.07) is 9.42. The zero-order chi connectivity index (χ0) is 14.4. The van der Waals surface area contributed by atoms with Crippen molar-refractivity contribution in [2.45, 2.75) is 13.0 Å². The number of halogens is 1. The van der Waals surface area contributed by atoms with Crippen LogP contribution in [0.15, 0.2) is 47.2 Å². The molecule has 0 aliphatic carbocycles. The number of nitrogens with zero attached hydrogens (tertiary/aromatic N) is 1. The van der Waals surface area contributed by atoms with Gasteiger partial charge in [0.2, 0.25) is 5.91 Å². The molecule has 6 heteroatoms. The van der Waals surface area contributed by atoms with E-state index in [0.29, 0.717) is 12.4 Å². The van der Waals surface area contributed by atoms with Gasteiger partial charge in [-0.05, 0) is 33.1 Å². The summed E-state index contributed by atoms with van der Waals surface area (Å²) in [6.45, 7) is 0.367. The van der Waals surface area contributed by atoms with Crippen LogP contribution in [0.4, 0.5) is 0 Å². The molecular weight excluding hydrogens is 322 g/mol. The topological polar surface area (TPSA) is 77.2 Å². The lowest BCUT2D eigenvalue weighted by molar-refractivity contribution is -0.120. The number of nitrogens with one attached hydrogen (secondary N) is 1. The Morgan fingerprint density at radius 1 is 1.30 bits per heavy atom. The van der Waals surface area contributed by atoms with E-state index in [1.54, 1.807) is 12.4 Å². The molecule has 5 nitrogen and oxygen atoms in total. The summed E-state index contributed by atoms with van der Waals surface area (Å²) in [5.74, 6) is 5.54. The Hall–Kier alpha value is -1.92. The number of benzene rings is 1. The number of amides is 1. The smallest absolute Gasteiger partial charge is 0.238 e. The zero-order valence-corrected chi connectivity index (χ0v) is 12.3. The van der Waals surface area contributed by atoms with Crippen molar-refractivity contribution in [2.24, 2.45) is 5.84 Å². The molecule has 1 aromatic heterocycles. The number of nitrogens with two attached hydrogens (primary N) is 1.